The Hall–Kier alpha value is -3.29. The van der Waals surface area contributed by atoms with E-state index in [4.69, 9.17) is 9.84 Å². The first kappa shape index (κ1) is 19.0. The number of fused-ring (bicyclic) bond motifs is 1. The number of nitrogens with one attached hydrogen (secondary N) is 2. The van der Waals surface area contributed by atoms with Gasteiger partial charge in [-0.25, -0.2) is 9.59 Å². The van der Waals surface area contributed by atoms with Crippen LogP contribution >= 0.6 is 0 Å². The number of urea groups is 1. The molecule has 138 valence electrons. The number of amides is 2. The van der Waals surface area contributed by atoms with Crippen LogP contribution in [0.2, 0.25) is 0 Å². The predicted molar refractivity (Wildman–Crippen MR) is 95.4 cm³/mol. The fraction of sp³-hybridized carbons (Fsp3) is 0.278. The highest BCUT2D eigenvalue weighted by Crippen LogP contribution is 2.31. The summed E-state index contributed by atoms with van der Waals surface area (Å²) >= 11 is 0. The van der Waals surface area contributed by atoms with Crippen LogP contribution in [0.3, 0.4) is 0 Å². The fourth-order valence-electron chi connectivity index (χ4n) is 2.31. The van der Waals surface area contributed by atoms with E-state index in [1.54, 1.807) is 12.1 Å². The Bertz CT molecular complexity index is 805. The SMILES string of the molecule is COC(=O)COc1ccc(NC(=O)NCCCC(=O)O)c2ccccc12. The van der Waals surface area contributed by atoms with Gasteiger partial charge in [-0.3, -0.25) is 4.79 Å². The van der Waals surface area contributed by atoms with Gasteiger partial charge in [-0.05, 0) is 18.6 Å². The van der Waals surface area contributed by atoms with Crippen LogP contribution in [0.5, 0.6) is 5.75 Å². The van der Waals surface area contributed by atoms with E-state index >= 15 is 0 Å². The number of rotatable bonds is 8. The lowest BCUT2D eigenvalue weighted by atomic mass is 10.1. The largest absolute Gasteiger partial charge is 0.481 e. The van der Waals surface area contributed by atoms with E-state index in [1.165, 1.54) is 7.11 Å². The van der Waals surface area contributed by atoms with Gasteiger partial charge >= 0.3 is 18.0 Å². The zero-order chi connectivity index (χ0) is 18.9. The van der Waals surface area contributed by atoms with Crippen molar-refractivity contribution >= 4 is 34.4 Å². The van der Waals surface area contributed by atoms with Gasteiger partial charge in [0.25, 0.3) is 0 Å². The summed E-state index contributed by atoms with van der Waals surface area (Å²) in [4.78, 5) is 33.7. The third-order valence-corrected chi connectivity index (χ3v) is 3.56. The van der Waals surface area contributed by atoms with E-state index in [0.717, 1.165) is 10.8 Å². The Kier molecular flexibility index (Phi) is 6.78. The third kappa shape index (κ3) is 5.37. The van der Waals surface area contributed by atoms with E-state index in [1.807, 2.05) is 24.3 Å². The van der Waals surface area contributed by atoms with Crippen molar-refractivity contribution in [1.82, 2.24) is 5.32 Å². The van der Waals surface area contributed by atoms with Gasteiger partial charge in [-0.1, -0.05) is 24.3 Å². The van der Waals surface area contributed by atoms with Crippen molar-refractivity contribution in [3.8, 4) is 5.75 Å². The molecule has 3 N–H and O–H groups in total. The van der Waals surface area contributed by atoms with Crippen LogP contribution in [0.25, 0.3) is 10.8 Å². The van der Waals surface area contributed by atoms with Crippen molar-refractivity contribution in [3.05, 3.63) is 36.4 Å². The number of carboxylic acids is 1. The molecule has 8 heteroatoms. The topological polar surface area (TPSA) is 114 Å². The van der Waals surface area contributed by atoms with Crippen molar-refractivity contribution in [2.75, 3.05) is 25.6 Å². The maximum atomic E-state index is 12.0. The summed E-state index contributed by atoms with van der Waals surface area (Å²) in [5.41, 5.74) is 0.571. The highest BCUT2D eigenvalue weighted by molar-refractivity contribution is 6.03. The molecule has 0 saturated carbocycles. The monoisotopic (exact) mass is 360 g/mol. The summed E-state index contributed by atoms with van der Waals surface area (Å²) < 4.78 is 10.0. The van der Waals surface area contributed by atoms with E-state index in [-0.39, 0.29) is 19.6 Å². The summed E-state index contributed by atoms with van der Waals surface area (Å²) in [6.45, 7) is 0.0493. The molecule has 0 aliphatic heterocycles. The Morgan fingerprint density at radius 2 is 1.81 bits per heavy atom. The van der Waals surface area contributed by atoms with Crippen LogP contribution in [0, 0.1) is 0 Å². The van der Waals surface area contributed by atoms with Crippen molar-refractivity contribution in [1.29, 1.82) is 0 Å². The minimum Gasteiger partial charge on any atom is -0.481 e. The number of carboxylic acid groups (broad SMARTS) is 1. The van der Waals surface area contributed by atoms with Gasteiger partial charge in [-0.2, -0.15) is 0 Å². The molecule has 0 spiro atoms. The standard InChI is InChI=1S/C18H20N2O6/c1-25-17(23)11-26-15-9-8-14(12-5-2-3-6-13(12)15)20-18(24)19-10-4-7-16(21)22/h2-3,5-6,8-9H,4,7,10-11H2,1H3,(H,21,22)(H2,19,20,24). The summed E-state index contributed by atoms with van der Waals surface area (Å²) in [5, 5.41) is 15.4. The predicted octanol–water partition coefficient (Wildman–Crippen LogP) is 2.38. The number of carbonyl (C=O) groups is 3. The van der Waals surface area contributed by atoms with Crippen molar-refractivity contribution < 1.29 is 29.0 Å². The molecule has 2 rings (SSSR count). The van der Waals surface area contributed by atoms with Gasteiger partial charge in [-0.15, -0.1) is 0 Å². The van der Waals surface area contributed by atoms with Crippen molar-refractivity contribution in [2.45, 2.75) is 12.8 Å². The van der Waals surface area contributed by atoms with E-state index < -0.39 is 18.0 Å². The number of hydrogen-bond acceptors (Lipinski definition) is 5. The molecule has 26 heavy (non-hydrogen) atoms. The van der Waals surface area contributed by atoms with Crippen LogP contribution in [-0.4, -0.2) is 43.3 Å². The molecule has 2 aromatic carbocycles. The fourth-order valence-corrected chi connectivity index (χ4v) is 2.31. The minimum absolute atomic E-state index is 0.00452. The minimum atomic E-state index is -0.902. The molecular formula is C18H20N2O6. The normalized spacial score (nSPS) is 10.2. The summed E-state index contributed by atoms with van der Waals surface area (Å²) in [6.07, 6.45) is 0.346. The molecule has 0 saturated heterocycles. The van der Waals surface area contributed by atoms with Crippen molar-refractivity contribution in [3.63, 3.8) is 0 Å². The van der Waals surface area contributed by atoms with Crippen molar-refractivity contribution in [2.24, 2.45) is 0 Å². The Morgan fingerprint density at radius 1 is 1.08 bits per heavy atom. The van der Waals surface area contributed by atoms with E-state index in [0.29, 0.717) is 17.9 Å². The zero-order valence-corrected chi connectivity index (χ0v) is 14.3. The van der Waals surface area contributed by atoms with Gasteiger partial charge in [0, 0.05) is 23.7 Å². The molecule has 0 aromatic heterocycles. The molecule has 2 amide bonds. The second-order valence-electron chi connectivity index (χ2n) is 5.40. The lowest BCUT2D eigenvalue weighted by molar-refractivity contribution is -0.143. The second-order valence-corrected chi connectivity index (χ2v) is 5.40. The lowest BCUT2D eigenvalue weighted by Gasteiger charge is -2.13. The van der Waals surface area contributed by atoms with Crippen LogP contribution in [-0.2, 0) is 14.3 Å². The molecule has 0 atom stereocenters. The van der Waals surface area contributed by atoms with Crippen LogP contribution < -0.4 is 15.4 Å². The number of benzene rings is 2. The first-order valence-corrected chi connectivity index (χ1v) is 7.99. The maximum Gasteiger partial charge on any atom is 0.343 e. The average molecular weight is 360 g/mol. The third-order valence-electron chi connectivity index (χ3n) is 3.56. The number of methoxy groups -OCH3 is 1. The van der Waals surface area contributed by atoms with Gasteiger partial charge in [0.15, 0.2) is 6.61 Å². The zero-order valence-electron chi connectivity index (χ0n) is 14.3. The molecular weight excluding hydrogens is 340 g/mol. The number of anilines is 1. The van der Waals surface area contributed by atoms with Crippen LogP contribution in [0.4, 0.5) is 10.5 Å². The Labute approximate surface area is 150 Å². The molecule has 0 fully saturated rings. The maximum absolute atomic E-state index is 12.0. The molecule has 0 unspecified atom stereocenters. The smallest absolute Gasteiger partial charge is 0.343 e. The van der Waals surface area contributed by atoms with Gasteiger partial charge in [0.05, 0.1) is 12.8 Å². The molecule has 0 aliphatic rings. The van der Waals surface area contributed by atoms with Gasteiger partial charge < -0.3 is 25.2 Å². The quantitative estimate of drug-likeness (QED) is 0.492. The van der Waals surface area contributed by atoms with Crippen LogP contribution in [0.1, 0.15) is 12.8 Å². The summed E-state index contributed by atoms with van der Waals surface area (Å²) in [6, 6.07) is 10.2. The molecule has 0 aliphatic carbocycles. The molecule has 0 radical (unpaired) electrons. The number of ether oxygens (including phenoxy) is 2. The van der Waals surface area contributed by atoms with Gasteiger partial charge in [0.2, 0.25) is 0 Å². The van der Waals surface area contributed by atoms with Crippen LogP contribution in [0.15, 0.2) is 36.4 Å². The number of hydrogen-bond donors (Lipinski definition) is 3. The molecule has 2 aromatic rings. The Morgan fingerprint density at radius 3 is 2.50 bits per heavy atom. The highest BCUT2D eigenvalue weighted by atomic mass is 16.6. The van der Waals surface area contributed by atoms with E-state index in [2.05, 4.69) is 15.4 Å². The highest BCUT2D eigenvalue weighted by Gasteiger charge is 2.11. The number of esters is 1. The van der Waals surface area contributed by atoms with Gasteiger partial charge in [0.1, 0.15) is 5.75 Å². The molecule has 0 heterocycles. The Balaban J connectivity index is 2.07. The first-order chi connectivity index (χ1) is 12.5. The molecule has 0 bridgehead atoms. The lowest BCUT2D eigenvalue weighted by Crippen LogP contribution is -2.29. The first-order valence-electron chi connectivity index (χ1n) is 7.99. The average Bonchev–Trinajstić information content (AvgIpc) is 2.64. The number of aliphatic carboxylic acids is 1. The number of carbonyl (C=O) groups excluding carboxylic acids is 2. The second kappa shape index (κ2) is 9.26. The summed E-state index contributed by atoms with van der Waals surface area (Å²) in [7, 11) is 1.28. The van der Waals surface area contributed by atoms with E-state index in [9.17, 15) is 14.4 Å². The molecule has 8 nitrogen and oxygen atoms in total. The summed E-state index contributed by atoms with van der Waals surface area (Å²) in [5.74, 6) is -0.892.